The first-order chi connectivity index (χ1) is 8.47. The van der Waals surface area contributed by atoms with E-state index in [9.17, 15) is 0 Å². The van der Waals surface area contributed by atoms with Crippen LogP contribution in [0.15, 0.2) is 27.1 Å². The lowest BCUT2D eigenvalue weighted by atomic mass is 10.0. The van der Waals surface area contributed by atoms with Crippen molar-refractivity contribution < 1.29 is 0 Å². The number of halogens is 2. The Bertz CT molecular complexity index is 564. The molecule has 0 aliphatic heterocycles. The summed E-state index contributed by atoms with van der Waals surface area (Å²) in [5, 5.41) is 0.655. The molecule has 0 atom stereocenters. The zero-order valence-electron chi connectivity index (χ0n) is 10.2. The Morgan fingerprint density at radius 2 is 2.06 bits per heavy atom. The summed E-state index contributed by atoms with van der Waals surface area (Å²) in [6, 6.07) is 6.24. The van der Waals surface area contributed by atoms with Gasteiger partial charge in [-0.1, -0.05) is 51.8 Å². The van der Waals surface area contributed by atoms with Crippen LogP contribution in [0, 0.1) is 0 Å². The highest BCUT2D eigenvalue weighted by molar-refractivity contribution is 9.11. The zero-order chi connectivity index (χ0) is 13.3. The number of thiazole rings is 1. The molecule has 1 aromatic carbocycles. The first-order valence-electron chi connectivity index (χ1n) is 5.66. The number of aromatic nitrogens is 1. The molecule has 0 saturated carbocycles. The highest BCUT2D eigenvalue weighted by Crippen LogP contribution is 2.31. The normalized spacial score (nSPS) is 11.2. The van der Waals surface area contributed by atoms with E-state index < -0.39 is 0 Å². The van der Waals surface area contributed by atoms with Gasteiger partial charge in [0.15, 0.2) is 5.13 Å². The standard InChI is InChI=1S/C13H14Br2N2S/c1-7(2)12-11(18-13(16)17-12)5-8-3-4-9(14)6-10(8)15/h3-4,6-7H,5H2,1-2H3,(H2,16,17). The van der Waals surface area contributed by atoms with Crippen LogP contribution in [0.25, 0.3) is 0 Å². The molecule has 0 aliphatic rings. The van der Waals surface area contributed by atoms with E-state index >= 15 is 0 Å². The molecular formula is C13H14Br2N2S. The smallest absolute Gasteiger partial charge is 0.180 e. The maximum absolute atomic E-state index is 5.82. The van der Waals surface area contributed by atoms with Gasteiger partial charge in [-0.25, -0.2) is 4.98 Å². The van der Waals surface area contributed by atoms with Crippen molar-refractivity contribution in [2.24, 2.45) is 0 Å². The number of benzene rings is 1. The Kier molecular flexibility index (Phi) is 4.45. The van der Waals surface area contributed by atoms with E-state index in [2.05, 4.69) is 68.9 Å². The SMILES string of the molecule is CC(C)c1nc(N)sc1Cc1ccc(Br)cc1Br. The Labute approximate surface area is 128 Å². The molecule has 0 amide bonds. The second kappa shape index (κ2) is 5.72. The van der Waals surface area contributed by atoms with Crippen molar-refractivity contribution in [3.63, 3.8) is 0 Å². The van der Waals surface area contributed by atoms with E-state index in [0.717, 1.165) is 21.1 Å². The van der Waals surface area contributed by atoms with E-state index in [1.165, 1.54) is 10.4 Å². The summed E-state index contributed by atoms with van der Waals surface area (Å²) in [5.74, 6) is 0.405. The minimum Gasteiger partial charge on any atom is -0.375 e. The molecule has 2 aromatic rings. The van der Waals surface area contributed by atoms with Gasteiger partial charge in [-0.05, 0) is 23.6 Å². The zero-order valence-corrected chi connectivity index (χ0v) is 14.2. The number of nitrogens with zero attached hydrogens (tertiary/aromatic N) is 1. The molecular weight excluding hydrogens is 376 g/mol. The van der Waals surface area contributed by atoms with E-state index in [1.807, 2.05) is 0 Å². The average Bonchev–Trinajstić information content (AvgIpc) is 2.64. The third-order valence-corrected chi connectivity index (χ3v) is 4.79. The maximum Gasteiger partial charge on any atom is 0.180 e. The van der Waals surface area contributed by atoms with Crippen molar-refractivity contribution in [1.82, 2.24) is 4.98 Å². The van der Waals surface area contributed by atoms with Crippen molar-refractivity contribution in [1.29, 1.82) is 0 Å². The Morgan fingerprint density at radius 3 is 2.67 bits per heavy atom. The molecule has 0 aliphatic carbocycles. The lowest BCUT2D eigenvalue weighted by Gasteiger charge is -2.07. The summed E-state index contributed by atoms with van der Waals surface area (Å²) in [4.78, 5) is 5.68. The molecule has 18 heavy (non-hydrogen) atoms. The second-order valence-electron chi connectivity index (χ2n) is 4.43. The molecule has 2 rings (SSSR count). The van der Waals surface area contributed by atoms with Crippen LogP contribution >= 0.6 is 43.2 Å². The van der Waals surface area contributed by atoms with Gasteiger partial charge in [-0.2, -0.15) is 0 Å². The van der Waals surface area contributed by atoms with Crippen molar-refractivity contribution >= 4 is 48.3 Å². The first-order valence-corrected chi connectivity index (χ1v) is 8.06. The summed E-state index contributed by atoms with van der Waals surface area (Å²) in [6.07, 6.45) is 0.871. The van der Waals surface area contributed by atoms with Gasteiger partial charge in [0.1, 0.15) is 0 Å². The molecule has 0 saturated heterocycles. The number of hydrogen-bond acceptors (Lipinski definition) is 3. The molecule has 2 nitrogen and oxygen atoms in total. The fourth-order valence-electron chi connectivity index (χ4n) is 1.80. The highest BCUT2D eigenvalue weighted by atomic mass is 79.9. The predicted molar refractivity (Wildman–Crippen MR) is 85.3 cm³/mol. The van der Waals surface area contributed by atoms with Crippen LogP contribution in [0.2, 0.25) is 0 Å². The van der Waals surface area contributed by atoms with Crippen LogP contribution in [-0.2, 0) is 6.42 Å². The van der Waals surface area contributed by atoms with E-state index in [4.69, 9.17) is 5.73 Å². The van der Waals surface area contributed by atoms with Gasteiger partial charge >= 0.3 is 0 Å². The van der Waals surface area contributed by atoms with Crippen molar-refractivity contribution in [3.05, 3.63) is 43.3 Å². The molecule has 1 heterocycles. The third-order valence-electron chi connectivity index (χ3n) is 2.66. The molecule has 5 heteroatoms. The van der Waals surface area contributed by atoms with Crippen molar-refractivity contribution in [3.8, 4) is 0 Å². The molecule has 0 radical (unpaired) electrons. The minimum atomic E-state index is 0.405. The number of anilines is 1. The fraction of sp³-hybridized carbons (Fsp3) is 0.308. The predicted octanol–water partition coefficient (Wildman–Crippen LogP) is 4.96. The topological polar surface area (TPSA) is 38.9 Å². The summed E-state index contributed by atoms with van der Waals surface area (Å²) in [6.45, 7) is 4.29. The second-order valence-corrected chi connectivity index (χ2v) is 7.31. The number of rotatable bonds is 3. The quantitative estimate of drug-likeness (QED) is 0.805. The van der Waals surface area contributed by atoms with Crippen LogP contribution in [0.3, 0.4) is 0 Å². The maximum atomic E-state index is 5.82. The highest BCUT2D eigenvalue weighted by Gasteiger charge is 2.14. The lowest BCUT2D eigenvalue weighted by Crippen LogP contribution is -1.96. The molecule has 0 fully saturated rings. The van der Waals surface area contributed by atoms with Crippen molar-refractivity contribution in [2.75, 3.05) is 5.73 Å². The number of nitrogens with two attached hydrogens (primary N) is 1. The Morgan fingerprint density at radius 1 is 1.33 bits per heavy atom. The van der Waals surface area contributed by atoms with Gasteiger partial charge < -0.3 is 5.73 Å². The van der Waals surface area contributed by atoms with Gasteiger partial charge in [0.2, 0.25) is 0 Å². The van der Waals surface area contributed by atoms with Crippen molar-refractivity contribution in [2.45, 2.75) is 26.2 Å². The van der Waals surface area contributed by atoms with Crippen LogP contribution in [0.5, 0.6) is 0 Å². The minimum absolute atomic E-state index is 0.405. The molecule has 0 spiro atoms. The van der Waals surface area contributed by atoms with Gasteiger partial charge in [-0.3, -0.25) is 0 Å². The summed E-state index contributed by atoms with van der Waals surface area (Å²) >= 11 is 8.64. The van der Waals surface area contributed by atoms with Crippen LogP contribution < -0.4 is 5.73 Å². The van der Waals surface area contributed by atoms with Gasteiger partial charge in [0.25, 0.3) is 0 Å². The molecule has 0 bridgehead atoms. The van der Waals surface area contributed by atoms with Crippen LogP contribution in [0.1, 0.15) is 35.9 Å². The summed E-state index contributed by atoms with van der Waals surface area (Å²) in [5.41, 5.74) is 8.19. The Hall–Kier alpha value is -0.390. The largest absolute Gasteiger partial charge is 0.375 e. The van der Waals surface area contributed by atoms with Gasteiger partial charge in [0.05, 0.1) is 5.69 Å². The third kappa shape index (κ3) is 3.13. The van der Waals surface area contributed by atoms with E-state index in [-0.39, 0.29) is 0 Å². The van der Waals surface area contributed by atoms with Gasteiger partial charge in [-0.15, -0.1) is 11.3 Å². The Balaban J connectivity index is 2.33. The number of hydrogen-bond donors (Lipinski definition) is 1. The molecule has 2 N–H and O–H groups in total. The fourth-order valence-corrected chi connectivity index (χ4v) is 4.00. The van der Waals surface area contributed by atoms with E-state index in [0.29, 0.717) is 11.0 Å². The lowest BCUT2D eigenvalue weighted by molar-refractivity contribution is 0.820. The average molecular weight is 390 g/mol. The summed E-state index contributed by atoms with van der Waals surface area (Å²) in [7, 11) is 0. The number of nitrogen functional groups attached to an aromatic ring is 1. The van der Waals surface area contributed by atoms with Crippen LogP contribution in [-0.4, -0.2) is 4.98 Å². The summed E-state index contributed by atoms with van der Waals surface area (Å²) < 4.78 is 2.18. The van der Waals surface area contributed by atoms with E-state index in [1.54, 1.807) is 11.3 Å². The first kappa shape index (κ1) is 14.0. The molecule has 96 valence electrons. The molecule has 1 aromatic heterocycles. The molecule has 0 unspecified atom stereocenters. The van der Waals surface area contributed by atoms with Gasteiger partial charge in [0, 0.05) is 20.2 Å². The van der Waals surface area contributed by atoms with Crippen LogP contribution in [0.4, 0.5) is 5.13 Å². The monoisotopic (exact) mass is 388 g/mol.